The molecule has 146 valence electrons. The van der Waals surface area contributed by atoms with Crippen LogP contribution in [0, 0.1) is 6.92 Å². The normalized spacial score (nSPS) is 14.8. The molecule has 0 saturated carbocycles. The molecule has 1 aromatic carbocycles. The SMILES string of the molecule is COc1ccc(S(=O)(=O)NNC(=O)c2sc(N3CCOCC3)nc2C)cc1. The van der Waals surface area contributed by atoms with Crippen molar-refractivity contribution in [3.63, 3.8) is 0 Å². The summed E-state index contributed by atoms with van der Waals surface area (Å²) in [7, 11) is -2.40. The number of carbonyl (C=O) groups is 1. The predicted molar refractivity (Wildman–Crippen MR) is 101 cm³/mol. The molecule has 0 spiro atoms. The highest BCUT2D eigenvalue weighted by Crippen LogP contribution is 2.26. The van der Waals surface area contributed by atoms with Crippen LogP contribution in [0.15, 0.2) is 29.2 Å². The number of methoxy groups -OCH3 is 1. The number of hydrazine groups is 1. The van der Waals surface area contributed by atoms with E-state index in [1.54, 1.807) is 6.92 Å². The molecule has 2 aromatic rings. The van der Waals surface area contributed by atoms with Crippen molar-refractivity contribution in [1.29, 1.82) is 0 Å². The van der Waals surface area contributed by atoms with Crippen LogP contribution in [0.3, 0.4) is 0 Å². The van der Waals surface area contributed by atoms with Gasteiger partial charge in [0.1, 0.15) is 10.6 Å². The molecule has 0 radical (unpaired) electrons. The Balaban J connectivity index is 1.67. The van der Waals surface area contributed by atoms with Crippen LogP contribution < -0.4 is 19.9 Å². The first-order valence-corrected chi connectivity index (χ1v) is 10.5. The third kappa shape index (κ3) is 4.56. The van der Waals surface area contributed by atoms with Gasteiger partial charge in [-0.1, -0.05) is 11.3 Å². The minimum atomic E-state index is -3.90. The number of hydrogen-bond acceptors (Lipinski definition) is 8. The molecule has 1 aliphatic heterocycles. The Morgan fingerprint density at radius 1 is 1.26 bits per heavy atom. The van der Waals surface area contributed by atoms with E-state index in [1.165, 1.54) is 42.7 Å². The van der Waals surface area contributed by atoms with Crippen molar-refractivity contribution in [3.05, 3.63) is 34.8 Å². The van der Waals surface area contributed by atoms with Crippen LogP contribution in [0.1, 0.15) is 15.4 Å². The quantitative estimate of drug-likeness (QED) is 0.679. The number of thiazole rings is 1. The number of nitrogens with zero attached hydrogens (tertiary/aromatic N) is 2. The zero-order valence-corrected chi connectivity index (χ0v) is 16.5. The van der Waals surface area contributed by atoms with Crippen LogP contribution in [0.25, 0.3) is 0 Å². The number of sulfonamides is 1. The number of ether oxygens (including phenoxy) is 2. The lowest BCUT2D eigenvalue weighted by Gasteiger charge is -2.25. The summed E-state index contributed by atoms with van der Waals surface area (Å²) in [6.45, 7) is 4.35. The molecule has 27 heavy (non-hydrogen) atoms. The fourth-order valence-corrected chi connectivity index (χ4v) is 4.32. The average molecular weight is 412 g/mol. The molecule has 0 atom stereocenters. The van der Waals surface area contributed by atoms with E-state index in [2.05, 4.69) is 15.2 Å². The Morgan fingerprint density at radius 2 is 1.93 bits per heavy atom. The minimum absolute atomic E-state index is 0.0126. The number of morpholine rings is 1. The first kappa shape index (κ1) is 19.5. The molecule has 9 nitrogen and oxygen atoms in total. The van der Waals surface area contributed by atoms with Crippen molar-refractivity contribution >= 4 is 32.4 Å². The molecule has 3 rings (SSSR count). The molecular formula is C16H20N4O5S2. The number of amides is 1. The first-order valence-electron chi connectivity index (χ1n) is 8.17. The molecule has 0 unspecified atom stereocenters. The molecule has 1 aliphatic rings. The van der Waals surface area contributed by atoms with Crippen LogP contribution in [0.5, 0.6) is 5.75 Å². The number of aromatic nitrogens is 1. The molecule has 0 bridgehead atoms. The van der Waals surface area contributed by atoms with Gasteiger partial charge in [0.15, 0.2) is 5.13 Å². The lowest BCUT2D eigenvalue weighted by molar-refractivity contribution is 0.0948. The zero-order chi connectivity index (χ0) is 19.4. The second-order valence-corrected chi connectivity index (χ2v) is 8.41. The standard InChI is InChI=1S/C16H20N4O5S2/c1-11-14(26-16(17-11)20-7-9-25-10-8-20)15(21)18-19-27(22,23)13-5-3-12(24-2)4-6-13/h3-6,19H,7-10H2,1-2H3,(H,18,21). The summed E-state index contributed by atoms with van der Waals surface area (Å²) < 4.78 is 34.9. The van der Waals surface area contributed by atoms with Gasteiger partial charge >= 0.3 is 0 Å². The fraction of sp³-hybridized carbons (Fsp3) is 0.375. The number of rotatable bonds is 6. The van der Waals surface area contributed by atoms with E-state index in [9.17, 15) is 13.2 Å². The molecule has 2 heterocycles. The van der Waals surface area contributed by atoms with Crippen LogP contribution in [0.2, 0.25) is 0 Å². The highest BCUT2D eigenvalue weighted by atomic mass is 32.2. The lowest BCUT2D eigenvalue weighted by Crippen LogP contribution is -2.41. The highest BCUT2D eigenvalue weighted by Gasteiger charge is 2.22. The van der Waals surface area contributed by atoms with Gasteiger partial charge in [0.05, 0.1) is 30.9 Å². The van der Waals surface area contributed by atoms with Gasteiger partial charge in [-0.25, -0.2) is 13.4 Å². The maximum atomic E-state index is 12.4. The predicted octanol–water partition coefficient (Wildman–Crippen LogP) is 0.920. The largest absolute Gasteiger partial charge is 0.497 e. The van der Waals surface area contributed by atoms with Crippen LogP contribution in [-0.4, -0.2) is 52.7 Å². The van der Waals surface area contributed by atoms with Gasteiger partial charge in [0.2, 0.25) is 0 Å². The second-order valence-electron chi connectivity index (χ2n) is 5.75. The summed E-state index contributed by atoms with van der Waals surface area (Å²) in [5.41, 5.74) is 2.79. The number of aryl methyl sites for hydroxylation is 1. The maximum absolute atomic E-state index is 12.4. The van der Waals surface area contributed by atoms with Crippen LogP contribution >= 0.6 is 11.3 Å². The van der Waals surface area contributed by atoms with Crippen molar-refractivity contribution in [2.45, 2.75) is 11.8 Å². The average Bonchev–Trinajstić information content (AvgIpc) is 3.09. The highest BCUT2D eigenvalue weighted by molar-refractivity contribution is 7.89. The number of carbonyl (C=O) groups excluding carboxylic acids is 1. The van der Waals surface area contributed by atoms with Crippen LogP contribution in [-0.2, 0) is 14.8 Å². The lowest BCUT2D eigenvalue weighted by atomic mass is 10.3. The fourth-order valence-electron chi connectivity index (χ4n) is 2.47. The Bertz CT molecular complexity index is 905. The van der Waals surface area contributed by atoms with Crippen molar-refractivity contribution in [3.8, 4) is 5.75 Å². The van der Waals surface area contributed by atoms with Gasteiger partial charge in [-0.2, -0.15) is 0 Å². The summed E-state index contributed by atoms with van der Waals surface area (Å²) >= 11 is 1.22. The van der Waals surface area contributed by atoms with E-state index in [0.717, 1.165) is 5.13 Å². The molecular weight excluding hydrogens is 392 g/mol. The van der Waals surface area contributed by atoms with Gasteiger partial charge < -0.3 is 14.4 Å². The third-order valence-corrected chi connectivity index (χ3v) is 6.42. The number of hydrogen-bond donors (Lipinski definition) is 2. The number of benzene rings is 1. The third-order valence-electron chi connectivity index (χ3n) is 3.94. The molecule has 0 aliphatic carbocycles. The summed E-state index contributed by atoms with van der Waals surface area (Å²) in [4.78, 5) is 21.3. The van der Waals surface area contributed by atoms with E-state index < -0.39 is 15.9 Å². The Morgan fingerprint density at radius 3 is 2.56 bits per heavy atom. The first-order chi connectivity index (χ1) is 12.9. The minimum Gasteiger partial charge on any atom is -0.497 e. The van der Waals surface area contributed by atoms with Crippen LogP contribution in [0.4, 0.5) is 5.13 Å². The monoisotopic (exact) mass is 412 g/mol. The summed E-state index contributed by atoms with van der Waals surface area (Å²) in [6, 6.07) is 5.83. The second kappa shape index (κ2) is 8.21. The van der Waals surface area contributed by atoms with Gasteiger partial charge in [-0.05, 0) is 31.2 Å². The molecule has 1 fully saturated rings. The summed E-state index contributed by atoms with van der Waals surface area (Å²) in [5, 5.41) is 0.721. The van der Waals surface area contributed by atoms with E-state index in [0.29, 0.717) is 42.6 Å². The van der Waals surface area contributed by atoms with Crippen molar-refractivity contribution in [1.82, 2.24) is 15.2 Å². The molecule has 1 aromatic heterocycles. The van der Waals surface area contributed by atoms with E-state index in [-0.39, 0.29) is 4.90 Å². The van der Waals surface area contributed by atoms with Gasteiger partial charge in [-0.15, -0.1) is 4.83 Å². The smallest absolute Gasteiger partial charge is 0.278 e. The van der Waals surface area contributed by atoms with Crippen molar-refractivity contribution < 1.29 is 22.7 Å². The van der Waals surface area contributed by atoms with Crippen molar-refractivity contribution in [2.75, 3.05) is 38.3 Å². The maximum Gasteiger partial charge on any atom is 0.278 e. The zero-order valence-electron chi connectivity index (χ0n) is 14.9. The number of anilines is 1. The van der Waals surface area contributed by atoms with E-state index >= 15 is 0 Å². The Labute approximate surface area is 161 Å². The van der Waals surface area contributed by atoms with E-state index in [4.69, 9.17) is 9.47 Å². The molecule has 2 N–H and O–H groups in total. The molecule has 1 saturated heterocycles. The van der Waals surface area contributed by atoms with Gasteiger partial charge in [0, 0.05) is 13.1 Å². The van der Waals surface area contributed by atoms with Crippen molar-refractivity contribution in [2.24, 2.45) is 0 Å². The molecule has 11 heteroatoms. The number of nitrogens with one attached hydrogen (secondary N) is 2. The van der Waals surface area contributed by atoms with Gasteiger partial charge in [0.25, 0.3) is 15.9 Å². The molecule has 1 amide bonds. The summed E-state index contributed by atoms with van der Waals surface area (Å²) in [6.07, 6.45) is 0. The van der Waals surface area contributed by atoms with E-state index in [1.807, 2.05) is 4.90 Å². The van der Waals surface area contributed by atoms with Gasteiger partial charge in [-0.3, -0.25) is 10.2 Å². The summed E-state index contributed by atoms with van der Waals surface area (Å²) in [5.74, 6) is -0.0180. The topological polar surface area (TPSA) is 110 Å². The Kier molecular flexibility index (Phi) is 5.95. The Hall–Kier alpha value is -2.21.